The van der Waals surface area contributed by atoms with Crippen molar-refractivity contribution in [3.8, 4) is 0 Å². The van der Waals surface area contributed by atoms with E-state index in [0.717, 1.165) is 13.5 Å². The van der Waals surface area contributed by atoms with Gasteiger partial charge in [0.25, 0.3) is 5.97 Å². The maximum atomic E-state index is 9.00. The topological polar surface area (TPSA) is 46.5 Å². The third-order valence-corrected chi connectivity index (χ3v) is 2.44. The Hall–Kier alpha value is -0.0375. The van der Waals surface area contributed by atoms with Gasteiger partial charge < -0.3 is 8.90 Å². The molecule has 0 bridgehead atoms. The molecule has 0 atom stereocenters. The molecule has 0 aliphatic carbocycles. The monoisotopic (exact) mass is 160 g/mol. The Bertz CT molecular complexity index is 75.5. The Balaban J connectivity index is 0.000000180. The lowest BCUT2D eigenvalue weighted by Gasteiger charge is -2.06. The van der Waals surface area contributed by atoms with Crippen LogP contribution in [0.3, 0.4) is 0 Å². The lowest BCUT2D eigenvalue weighted by Crippen LogP contribution is -2.06. The number of hydrogen-bond donors (Lipinski definition) is 1. The molecule has 1 aliphatic heterocycles. The highest BCUT2D eigenvalue weighted by atomic mass is 27.1. The van der Waals surface area contributed by atoms with Crippen LogP contribution in [0.2, 0.25) is 5.28 Å². The molecule has 1 heterocycles. The lowest BCUT2D eigenvalue weighted by atomic mass is 10.4. The van der Waals surface area contributed by atoms with Gasteiger partial charge in [-0.1, -0.05) is 11.7 Å². The Labute approximate surface area is 67.4 Å². The average molecular weight is 160 g/mol. The fourth-order valence-electron chi connectivity index (χ4n) is 0.687. The van der Waals surface area contributed by atoms with Crippen LogP contribution >= 0.6 is 0 Å². The van der Waals surface area contributed by atoms with Crippen molar-refractivity contribution >= 4 is 21.5 Å². The third kappa shape index (κ3) is 10.9. The van der Waals surface area contributed by atoms with Gasteiger partial charge in [-0.05, 0) is 6.42 Å². The van der Waals surface area contributed by atoms with Gasteiger partial charge in [-0.3, -0.25) is 4.79 Å². The first-order valence-corrected chi connectivity index (χ1v) is 5.08. The Morgan fingerprint density at radius 2 is 2.20 bits per heavy atom. The molecule has 0 radical (unpaired) electrons. The molecule has 0 aromatic carbocycles. The molecule has 58 valence electrons. The third-order valence-electron chi connectivity index (χ3n) is 1.08. The van der Waals surface area contributed by atoms with Crippen LogP contribution in [0.1, 0.15) is 19.8 Å². The minimum absolute atomic E-state index is 0.00849. The molecule has 1 rings (SSSR count). The van der Waals surface area contributed by atoms with E-state index in [0.29, 0.717) is 0 Å². The minimum Gasteiger partial charge on any atom is -0.503 e. The van der Waals surface area contributed by atoms with Crippen molar-refractivity contribution in [1.82, 2.24) is 0 Å². The van der Waals surface area contributed by atoms with Crippen molar-refractivity contribution in [2.45, 2.75) is 25.0 Å². The average Bonchev–Trinajstić information content (AvgIpc) is 1.90. The second-order valence-corrected chi connectivity index (χ2v) is 3.72. The molecule has 4 heteroatoms. The quantitative estimate of drug-likeness (QED) is 0.529. The summed E-state index contributed by atoms with van der Waals surface area (Å²) < 4.78 is 5.21. The number of hydrogen-bond acceptors (Lipinski definition) is 2. The molecule has 0 aromatic rings. The van der Waals surface area contributed by atoms with Crippen LogP contribution in [0.5, 0.6) is 0 Å². The number of carbonyl (C=O) groups is 1. The Kier molecular flexibility index (Phi) is 7.05. The van der Waals surface area contributed by atoms with Gasteiger partial charge in [0.15, 0.2) is 0 Å². The molecule has 1 saturated heterocycles. The van der Waals surface area contributed by atoms with Crippen molar-refractivity contribution < 1.29 is 13.7 Å². The summed E-state index contributed by atoms with van der Waals surface area (Å²) in [5, 5.41) is 8.83. The van der Waals surface area contributed by atoms with E-state index in [9.17, 15) is 0 Å². The molecular formula is C6H13AlO3. The summed E-state index contributed by atoms with van der Waals surface area (Å²) in [6.07, 6.45) is 2.75. The maximum absolute atomic E-state index is 9.00. The predicted octanol–water partition coefficient (Wildman–Crippen LogP) is 0.657. The zero-order chi connectivity index (χ0) is 7.82. The number of carboxylic acids is 1. The Morgan fingerprint density at radius 3 is 2.30 bits per heavy atom. The van der Waals surface area contributed by atoms with Crippen molar-refractivity contribution in [3.63, 3.8) is 0 Å². The van der Waals surface area contributed by atoms with Gasteiger partial charge in [0, 0.05) is 13.5 Å². The second-order valence-electron chi connectivity index (χ2n) is 2.19. The van der Waals surface area contributed by atoms with Crippen LogP contribution in [0.4, 0.5) is 0 Å². The molecule has 0 saturated carbocycles. The first-order chi connectivity index (χ1) is 4.73. The smallest absolute Gasteiger partial charge is 0.435 e. The standard InChI is InChI=1S/C4H8O.C2H4O2.Al.H/c1-2-3-4-5;1-2(3)4;;/h1-4H2;1H3,(H,3,4);;/q-1;;+1;. The first-order valence-electron chi connectivity index (χ1n) is 3.51. The second kappa shape index (κ2) is 7.07. The number of aliphatic carboxylic acids is 1. The summed E-state index contributed by atoms with van der Waals surface area (Å²) in [7, 11) is 0. The van der Waals surface area contributed by atoms with Crippen LogP contribution in [-0.2, 0) is 8.58 Å². The molecule has 0 amide bonds. The van der Waals surface area contributed by atoms with Gasteiger partial charge in [0.1, 0.15) is 0 Å². The molecule has 0 unspecified atom stereocenters. The molecule has 0 aromatic heterocycles. The van der Waals surface area contributed by atoms with E-state index in [1.807, 2.05) is 0 Å². The minimum atomic E-state index is -0.833. The molecule has 1 aliphatic rings. The summed E-state index contributed by atoms with van der Waals surface area (Å²) in [5.41, 5.74) is 0. The van der Waals surface area contributed by atoms with Crippen LogP contribution in [0, 0.1) is 0 Å². The SMILES string of the molecule is C1C[CH2][AlH][O]C1.CC(=O)O. The fraction of sp³-hybridized carbons (Fsp3) is 0.833. The molecular weight excluding hydrogens is 147 g/mol. The van der Waals surface area contributed by atoms with E-state index in [1.165, 1.54) is 18.1 Å². The zero-order valence-electron chi connectivity index (χ0n) is 6.30. The van der Waals surface area contributed by atoms with E-state index >= 15 is 0 Å². The lowest BCUT2D eigenvalue weighted by molar-refractivity contribution is -0.134. The molecule has 0 spiro atoms. The van der Waals surface area contributed by atoms with Gasteiger partial charge >= 0.3 is 15.6 Å². The van der Waals surface area contributed by atoms with E-state index in [4.69, 9.17) is 13.7 Å². The molecule has 1 N–H and O–H groups in total. The van der Waals surface area contributed by atoms with Crippen LogP contribution < -0.4 is 0 Å². The van der Waals surface area contributed by atoms with Crippen molar-refractivity contribution in [2.75, 3.05) is 6.61 Å². The van der Waals surface area contributed by atoms with Crippen molar-refractivity contribution in [2.24, 2.45) is 0 Å². The fourth-order valence-corrected chi connectivity index (χ4v) is 1.86. The zero-order valence-corrected chi connectivity index (χ0v) is 7.71. The summed E-state index contributed by atoms with van der Waals surface area (Å²) >= 11 is 0.00849. The van der Waals surface area contributed by atoms with E-state index in [1.54, 1.807) is 0 Å². The van der Waals surface area contributed by atoms with Gasteiger partial charge in [-0.2, -0.15) is 0 Å². The highest BCUT2D eigenvalue weighted by Crippen LogP contribution is 2.01. The van der Waals surface area contributed by atoms with E-state index < -0.39 is 5.97 Å². The largest absolute Gasteiger partial charge is 0.503 e. The van der Waals surface area contributed by atoms with Gasteiger partial charge in [-0.15, -0.1) is 0 Å². The summed E-state index contributed by atoms with van der Waals surface area (Å²) in [6, 6.07) is 0. The summed E-state index contributed by atoms with van der Waals surface area (Å²) in [6.45, 7) is 2.15. The van der Waals surface area contributed by atoms with Crippen molar-refractivity contribution in [3.05, 3.63) is 0 Å². The van der Waals surface area contributed by atoms with Crippen LogP contribution in [-0.4, -0.2) is 33.2 Å². The van der Waals surface area contributed by atoms with Gasteiger partial charge in [-0.25, -0.2) is 0 Å². The van der Waals surface area contributed by atoms with E-state index in [2.05, 4.69) is 0 Å². The van der Waals surface area contributed by atoms with Crippen LogP contribution in [0.25, 0.3) is 0 Å². The number of carboxylic acid groups (broad SMARTS) is 1. The predicted molar refractivity (Wildman–Crippen MR) is 40.5 cm³/mol. The normalized spacial score (nSPS) is 16.1. The maximum Gasteiger partial charge on any atom is 0.435 e. The van der Waals surface area contributed by atoms with Gasteiger partial charge in [0.2, 0.25) is 0 Å². The first kappa shape index (κ1) is 9.96. The molecule has 1 fully saturated rings. The van der Waals surface area contributed by atoms with Gasteiger partial charge in [0.05, 0.1) is 0 Å². The molecule has 3 nitrogen and oxygen atoms in total. The van der Waals surface area contributed by atoms with Crippen LogP contribution in [0.15, 0.2) is 0 Å². The van der Waals surface area contributed by atoms with E-state index in [-0.39, 0.29) is 15.6 Å². The highest BCUT2D eigenvalue weighted by molar-refractivity contribution is 6.27. The molecule has 10 heavy (non-hydrogen) atoms. The summed E-state index contributed by atoms with van der Waals surface area (Å²) in [5.74, 6) is -0.833. The highest BCUT2D eigenvalue weighted by Gasteiger charge is 2.00. The summed E-state index contributed by atoms with van der Waals surface area (Å²) in [4.78, 5) is 9.00. The Morgan fingerprint density at radius 1 is 1.60 bits per heavy atom. The number of rotatable bonds is 0. The van der Waals surface area contributed by atoms with Crippen molar-refractivity contribution in [1.29, 1.82) is 0 Å².